The molecule has 1 aliphatic heterocycles. The number of fused-ring (bicyclic) bond motifs is 1. The van der Waals surface area contributed by atoms with Crippen LogP contribution in [0.3, 0.4) is 0 Å². The number of ether oxygens (including phenoxy) is 1. The molecule has 0 spiro atoms. The molecule has 1 aromatic rings. The number of carbonyl (C=O) groups excluding carboxylic acids is 2. The summed E-state index contributed by atoms with van der Waals surface area (Å²) in [6.07, 6.45) is 0.595. The lowest BCUT2D eigenvalue weighted by Gasteiger charge is -2.31. The van der Waals surface area contributed by atoms with E-state index in [4.69, 9.17) is 4.74 Å². The number of hydrogen-bond acceptors (Lipinski definition) is 5. The van der Waals surface area contributed by atoms with Crippen LogP contribution >= 0.6 is 0 Å². The molecule has 1 aliphatic rings. The normalized spacial score (nSPS) is 14.7. The van der Waals surface area contributed by atoms with Crippen molar-refractivity contribution in [2.75, 3.05) is 6.54 Å². The summed E-state index contributed by atoms with van der Waals surface area (Å²) >= 11 is 0. The second-order valence-corrected chi connectivity index (χ2v) is 5.65. The van der Waals surface area contributed by atoms with Crippen molar-refractivity contribution in [2.24, 2.45) is 0 Å². The average molecular weight is 279 g/mol. The lowest BCUT2D eigenvalue weighted by molar-refractivity contribution is 0.0220. The maximum Gasteiger partial charge on any atom is 0.410 e. The van der Waals surface area contributed by atoms with Crippen LogP contribution in [-0.2, 0) is 17.7 Å². The van der Waals surface area contributed by atoms with Crippen LogP contribution in [0.25, 0.3) is 0 Å². The molecule has 1 amide bonds. The van der Waals surface area contributed by atoms with E-state index >= 15 is 0 Å². The Hall–Kier alpha value is -2.18. The van der Waals surface area contributed by atoms with Crippen molar-refractivity contribution in [2.45, 2.75) is 39.3 Å². The van der Waals surface area contributed by atoms with Gasteiger partial charge >= 0.3 is 11.8 Å². The smallest absolute Gasteiger partial charge is 0.410 e. The molecule has 0 saturated carbocycles. The molecular weight excluding hydrogens is 262 g/mol. The largest absolute Gasteiger partial charge is 0.444 e. The highest BCUT2D eigenvalue weighted by Crippen LogP contribution is 2.19. The second kappa shape index (κ2) is 5.07. The third kappa shape index (κ3) is 3.04. The molecule has 1 N–H and O–H groups in total. The zero-order valence-corrected chi connectivity index (χ0v) is 11.7. The van der Waals surface area contributed by atoms with Gasteiger partial charge in [-0.1, -0.05) is 0 Å². The van der Waals surface area contributed by atoms with Crippen LogP contribution in [0.2, 0.25) is 0 Å². The zero-order chi connectivity index (χ0) is 14.9. The number of aromatic nitrogens is 2. The fraction of sp³-hybridized carbons (Fsp3) is 0.538. The molecule has 7 heteroatoms. The number of nitrogens with zero attached hydrogens (tertiary/aromatic N) is 2. The number of amides is 1. The summed E-state index contributed by atoms with van der Waals surface area (Å²) in [7, 11) is 0. The van der Waals surface area contributed by atoms with Crippen molar-refractivity contribution in [1.29, 1.82) is 0 Å². The van der Waals surface area contributed by atoms with Gasteiger partial charge in [0.1, 0.15) is 11.3 Å². The molecule has 20 heavy (non-hydrogen) atoms. The van der Waals surface area contributed by atoms with Crippen LogP contribution in [0.1, 0.15) is 42.5 Å². The third-order valence-corrected chi connectivity index (χ3v) is 2.90. The third-order valence-electron chi connectivity index (χ3n) is 2.90. The number of aldehydes is 1. The minimum atomic E-state index is -0.586. The van der Waals surface area contributed by atoms with Gasteiger partial charge in [-0.25, -0.2) is 9.59 Å². The van der Waals surface area contributed by atoms with Crippen molar-refractivity contribution in [3.8, 4) is 0 Å². The first-order valence-corrected chi connectivity index (χ1v) is 6.35. The summed E-state index contributed by atoms with van der Waals surface area (Å²) in [4.78, 5) is 42.0. The van der Waals surface area contributed by atoms with Gasteiger partial charge in [0.15, 0.2) is 6.29 Å². The number of hydrogen-bond donors (Lipinski definition) is 1. The Morgan fingerprint density at radius 2 is 2.15 bits per heavy atom. The Kier molecular flexibility index (Phi) is 3.61. The Labute approximate surface area is 116 Å². The Morgan fingerprint density at radius 1 is 1.45 bits per heavy atom. The van der Waals surface area contributed by atoms with E-state index in [1.807, 2.05) is 0 Å². The lowest BCUT2D eigenvalue weighted by Crippen LogP contribution is -2.41. The molecule has 108 valence electrons. The van der Waals surface area contributed by atoms with Gasteiger partial charge in [-0.15, -0.1) is 0 Å². The number of carbonyl (C=O) groups is 2. The van der Waals surface area contributed by atoms with Gasteiger partial charge in [0, 0.05) is 17.8 Å². The highest BCUT2D eigenvalue weighted by Gasteiger charge is 2.27. The Bertz CT molecular complexity index is 601. The molecule has 0 aliphatic carbocycles. The molecule has 0 fully saturated rings. The molecular formula is C13H17N3O4. The monoisotopic (exact) mass is 279 g/mol. The van der Waals surface area contributed by atoms with E-state index in [1.165, 1.54) is 4.90 Å². The van der Waals surface area contributed by atoms with Gasteiger partial charge in [-0.2, -0.15) is 4.98 Å². The van der Waals surface area contributed by atoms with Gasteiger partial charge in [0.2, 0.25) is 0 Å². The van der Waals surface area contributed by atoms with Crippen LogP contribution in [0.5, 0.6) is 0 Å². The summed E-state index contributed by atoms with van der Waals surface area (Å²) in [5.41, 5.74) is 0.227. The van der Waals surface area contributed by atoms with Crippen molar-refractivity contribution in [3.05, 3.63) is 27.4 Å². The van der Waals surface area contributed by atoms with Crippen LogP contribution in [0.4, 0.5) is 4.79 Å². The number of rotatable bonds is 1. The zero-order valence-electron chi connectivity index (χ0n) is 11.7. The van der Waals surface area contributed by atoms with E-state index in [-0.39, 0.29) is 12.2 Å². The molecule has 0 bridgehead atoms. The first-order chi connectivity index (χ1) is 9.30. The number of aromatic amines is 1. The van der Waals surface area contributed by atoms with Crippen LogP contribution in [-0.4, -0.2) is 39.4 Å². The van der Waals surface area contributed by atoms with E-state index in [9.17, 15) is 14.4 Å². The molecule has 0 unspecified atom stereocenters. The molecule has 1 aromatic heterocycles. The Balaban J connectivity index is 2.23. The predicted octanol–water partition coefficient (Wildman–Crippen LogP) is 0.876. The van der Waals surface area contributed by atoms with Gasteiger partial charge in [0.05, 0.1) is 6.54 Å². The first kappa shape index (κ1) is 14.2. The molecule has 0 radical (unpaired) electrons. The van der Waals surface area contributed by atoms with Gasteiger partial charge in [-0.05, 0) is 27.2 Å². The molecule has 2 heterocycles. The van der Waals surface area contributed by atoms with E-state index < -0.39 is 17.4 Å². The number of H-pyrrole nitrogens is 1. The highest BCUT2D eigenvalue weighted by molar-refractivity contribution is 5.75. The lowest BCUT2D eigenvalue weighted by atomic mass is 10.0. The molecule has 0 saturated heterocycles. The quantitative estimate of drug-likeness (QED) is 0.770. The maximum atomic E-state index is 12.0. The SMILES string of the molecule is CC(C)(C)OC(=O)N1CCc2c(C=O)nc(=O)[nH]c2C1. The van der Waals surface area contributed by atoms with Crippen LogP contribution in [0, 0.1) is 0 Å². The predicted molar refractivity (Wildman–Crippen MR) is 70.6 cm³/mol. The Morgan fingerprint density at radius 3 is 2.75 bits per heavy atom. The van der Waals surface area contributed by atoms with E-state index in [2.05, 4.69) is 9.97 Å². The summed E-state index contributed by atoms with van der Waals surface area (Å²) in [5, 5.41) is 0. The van der Waals surface area contributed by atoms with Crippen LogP contribution in [0.15, 0.2) is 4.79 Å². The molecule has 7 nitrogen and oxygen atoms in total. The van der Waals surface area contributed by atoms with Crippen molar-refractivity contribution < 1.29 is 14.3 Å². The fourth-order valence-electron chi connectivity index (χ4n) is 2.07. The van der Waals surface area contributed by atoms with Crippen molar-refractivity contribution in [3.63, 3.8) is 0 Å². The van der Waals surface area contributed by atoms with E-state index in [0.717, 1.165) is 0 Å². The summed E-state index contributed by atoms with van der Waals surface area (Å²) in [6.45, 7) is 6.01. The molecule has 0 atom stereocenters. The van der Waals surface area contributed by atoms with E-state index in [1.54, 1.807) is 20.8 Å². The van der Waals surface area contributed by atoms with Gasteiger partial charge in [-0.3, -0.25) is 4.79 Å². The number of nitrogens with one attached hydrogen (secondary N) is 1. The van der Waals surface area contributed by atoms with Gasteiger partial charge in [0.25, 0.3) is 0 Å². The van der Waals surface area contributed by atoms with Crippen LogP contribution < -0.4 is 5.69 Å². The molecule has 2 rings (SSSR count). The standard InChI is InChI=1S/C13H17N3O4/c1-13(2,3)20-12(19)16-5-4-8-9(6-16)14-11(18)15-10(8)7-17/h7H,4-6H2,1-3H3,(H,14,15,18). The van der Waals surface area contributed by atoms with Crippen molar-refractivity contribution >= 4 is 12.4 Å². The first-order valence-electron chi connectivity index (χ1n) is 6.35. The minimum absolute atomic E-state index is 0.146. The van der Waals surface area contributed by atoms with Gasteiger partial charge < -0.3 is 14.6 Å². The second-order valence-electron chi connectivity index (χ2n) is 5.65. The minimum Gasteiger partial charge on any atom is -0.444 e. The summed E-state index contributed by atoms with van der Waals surface area (Å²) in [5.74, 6) is 0. The summed E-state index contributed by atoms with van der Waals surface area (Å²) < 4.78 is 5.29. The topological polar surface area (TPSA) is 92.4 Å². The van der Waals surface area contributed by atoms with E-state index in [0.29, 0.717) is 30.5 Å². The molecule has 0 aromatic carbocycles. The summed E-state index contributed by atoms with van der Waals surface area (Å²) in [6, 6.07) is 0. The average Bonchev–Trinajstić information content (AvgIpc) is 2.34. The highest BCUT2D eigenvalue weighted by atomic mass is 16.6. The maximum absolute atomic E-state index is 12.0. The fourth-order valence-corrected chi connectivity index (χ4v) is 2.07. The van der Waals surface area contributed by atoms with Crippen molar-refractivity contribution in [1.82, 2.24) is 14.9 Å².